The lowest BCUT2D eigenvalue weighted by molar-refractivity contribution is 0.164. The Morgan fingerprint density at radius 1 is 0.886 bits per heavy atom. The van der Waals surface area contributed by atoms with Crippen molar-refractivity contribution in [1.82, 2.24) is 25.1 Å². The Kier molecular flexibility index (Phi) is 8.41. The number of hydrogen-bond donors (Lipinski definition) is 0. The zero-order valence-electron chi connectivity index (χ0n) is 21.2. The second kappa shape index (κ2) is 11.9. The quantitative estimate of drug-likeness (QED) is 0.412. The van der Waals surface area contributed by atoms with Gasteiger partial charge in [0.15, 0.2) is 17.3 Å². The van der Waals surface area contributed by atoms with Gasteiger partial charge in [-0.2, -0.15) is 0 Å². The molecule has 2 heterocycles. The van der Waals surface area contributed by atoms with Crippen molar-refractivity contribution in [3.05, 3.63) is 53.9 Å². The van der Waals surface area contributed by atoms with Crippen LogP contribution < -0.4 is 19.1 Å². The first kappa shape index (κ1) is 24.8. The van der Waals surface area contributed by atoms with Gasteiger partial charge in [0.25, 0.3) is 0 Å². The predicted octanol–water partition coefficient (Wildman–Crippen LogP) is 3.61. The van der Waals surface area contributed by atoms with Crippen LogP contribution in [0, 0.1) is 0 Å². The van der Waals surface area contributed by atoms with E-state index in [-0.39, 0.29) is 6.04 Å². The van der Waals surface area contributed by atoms with Gasteiger partial charge in [0, 0.05) is 38.4 Å². The third-order valence-corrected chi connectivity index (χ3v) is 6.67. The molecule has 2 aromatic carbocycles. The van der Waals surface area contributed by atoms with E-state index in [0.717, 1.165) is 74.1 Å². The van der Waals surface area contributed by atoms with Crippen molar-refractivity contribution in [1.29, 1.82) is 0 Å². The largest absolute Gasteiger partial charge is 0.497 e. The standard InChI is InChI=1S/C26H36N6O3/c1-5-6-23(31-17-15-30(16-18-31)21-8-10-22(33-2)11-9-21)26-27-28-29-32(26)14-13-20-7-12-24(34-3)25(19-20)35-4/h7-12,19,23H,5-6,13-18H2,1-4H3/t23-/m0/s1. The second-order valence-corrected chi connectivity index (χ2v) is 8.73. The number of benzene rings is 2. The van der Waals surface area contributed by atoms with Gasteiger partial charge in [0.1, 0.15) is 5.75 Å². The Bertz CT molecular complexity index is 1060. The molecule has 0 saturated carbocycles. The van der Waals surface area contributed by atoms with Crippen molar-refractivity contribution in [2.45, 2.75) is 38.8 Å². The van der Waals surface area contributed by atoms with Crippen molar-refractivity contribution >= 4 is 5.69 Å². The van der Waals surface area contributed by atoms with Gasteiger partial charge in [-0.15, -0.1) is 5.10 Å². The summed E-state index contributed by atoms with van der Waals surface area (Å²) in [5, 5.41) is 12.8. The minimum absolute atomic E-state index is 0.207. The van der Waals surface area contributed by atoms with Gasteiger partial charge in [-0.25, -0.2) is 4.68 Å². The van der Waals surface area contributed by atoms with E-state index in [4.69, 9.17) is 14.2 Å². The van der Waals surface area contributed by atoms with Crippen LogP contribution in [0.25, 0.3) is 0 Å². The lowest BCUT2D eigenvalue weighted by Crippen LogP contribution is -2.48. The normalized spacial score (nSPS) is 15.1. The van der Waals surface area contributed by atoms with Crippen molar-refractivity contribution in [3.63, 3.8) is 0 Å². The summed E-state index contributed by atoms with van der Waals surface area (Å²) >= 11 is 0. The van der Waals surface area contributed by atoms with Crippen LogP contribution in [0.15, 0.2) is 42.5 Å². The molecule has 0 spiro atoms. The lowest BCUT2D eigenvalue weighted by Gasteiger charge is -2.39. The maximum atomic E-state index is 5.45. The van der Waals surface area contributed by atoms with Crippen LogP contribution in [-0.2, 0) is 13.0 Å². The average Bonchev–Trinajstić information content (AvgIpc) is 3.38. The highest BCUT2D eigenvalue weighted by atomic mass is 16.5. The number of piperazine rings is 1. The minimum Gasteiger partial charge on any atom is -0.497 e. The van der Waals surface area contributed by atoms with Crippen LogP contribution in [-0.4, -0.2) is 72.6 Å². The number of hydrogen-bond acceptors (Lipinski definition) is 8. The molecule has 1 aromatic heterocycles. The van der Waals surface area contributed by atoms with Crippen molar-refractivity contribution in [3.8, 4) is 17.2 Å². The van der Waals surface area contributed by atoms with Crippen LogP contribution in [0.4, 0.5) is 5.69 Å². The summed E-state index contributed by atoms with van der Waals surface area (Å²) in [6.07, 6.45) is 2.91. The number of nitrogens with zero attached hydrogens (tertiary/aromatic N) is 6. The van der Waals surface area contributed by atoms with Gasteiger partial charge >= 0.3 is 0 Å². The first-order valence-corrected chi connectivity index (χ1v) is 12.3. The summed E-state index contributed by atoms with van der Waals surface area (Å²) in [6, 6.07) is 14.5. The van der Waals surface area contributed by atoms with Crippen LogP contribution in [0.2, 0.25) is 0 Å². The molecule has 1 aliphatic rings. The number of aryl methyl sites for hydroxylation is 2. The van der Waals surface area contributed by atoms with Crippen molar-refractivity contribution in [2.24, 2.45) is 0 Å². The number of anilines is 1. The Hall–Kier alpha value is -3.33. The smallest absolute Gasteiger partial charge is 0.168 e. The van der Waals surface area contributed by atoms with Gasteiger partial charge in [0.2, 0.25) is 0 Å². The molecule has 9 heteroatoms. The van der Waals surface area contributed by atoms with Crippen LogP contribution in [0.5, 0.6) is 17.2 Å². The summed E-state index contributed by atoms with van der Waals surface area (Å²) in [4.78, 5) is 4.96. The van der Waals surface area contributed by atoms with Gasteiger partial charge in [-0.3, -0.25) is 4.90 Å². The van der Waals surface area contributed by atoms with Gasteiger partial charge in [0.05, 0.1) is 27.4 Å². The molecule has 188 valence electrons. The number of aromatic nitrogens is 4. The molecule has 4 rings (SSSR count). The SMILES string of the molecule is CCC[C@@H](c1nnnn1CCc1ccc(OC)c(OC)c1)N1CCN(c2ccc(OC)cc2)CC1. The Morgan fingerprint density at radius 3 is 2.29 bits per heavy atom. The van der Waals surface area contributed by atoms with Gasteiger partial charge in [-0.05, 0) is 65.2 Å². The first-order valence-electron chi connectivity index (χ1n) is 12.3. The molecule has 1 aliphatic heterocycles. The molecular weight excluding hydrogens is 444 g/mol. The van der Waals surface area contributed by atoms with Crippen molar-refractivity contribution in [2.75, 3.05) is 52.4 Å². The molecule has 0 N–H and O–H groups in total. The topological polar surface area (TPSA) is 77.8 Å². The van der Waals surface area contributed by atoms with Gasteiger partial charge < -0.3 is 19.1 Å². The third kappa shape index (κ3) is 5.85. The molecule has 1 saturated heterocycles. The van der Waals surface area contributed by atoms with E-state index >= 15 is 0 Å². The second-order valence-electron chi connectivity index (χ2n) is 8.73. The van der Waals surface area contributed by atoms with E-state index in [9.17, 15) is 0 Å². The van der Waals surface area contributed by atoms with E-state index in [1.54, 1.807) is 21.3 Å². The fourth-order valence-corrected chi connectivity index (χ4v) is 4.71. The fraction of sp³-hybridized carbons (Fsp3) is 0.500. The zero-order valence-corrected chi connectivity index (χ0v) is 21.2. The van der Waals surface area contributed by atoms with E-state index in [1.165, 1.54) is 5.69 Å². The maximum absolute atomic E-state index is 5.45. The van der Waals surface area contributed by atoms with E-state index in [0.29, 0.717) is 6.54 Å². The van der Waals surface area contributed by atoms with Crippen LogP contribution >= 0.6 is 0 Å². The average molecular weight is 481 g/mol. The summed E-state index contributed by atoms with van der Waals surface area (Å²) in [6.45, 7) is 6.82. The number of tetrazole rings is 1. The third-order valence-electron chi connectivity index (χ3n) is 6.67. The monoisotopic (exact) mass is 480 g/mol. The molecule has 0 unspecified atom stereocenters. The van der Waals surface area contributed by atoms with E-state index < -0.39 is 0 Å². The molecule has 0 aliphatic carbocycles. The Labute approximate surface area is 207 Å². The van der Waals surface area contributed by atoms with Crippen LogP contribution in [0.3, 0.4) is 0 Å². The van der Waals surface area contributed by atoms with Gasteiger partial charge in [-0.1, -0.05) is 19.4 Å². The Balaban J connectivity index is 1.41. The minimum atomic E-state index is 0.207. The van der Waals surface area contributed by atoms with Crippen molar-refractivity contribution < 1.29 is 14.2 Å². The highest BCUT2D eigenvalue weighted by Crippen LogP contribution is 2.29. The summed E-state index contributed by atoms with van der Waals surface area (Å²) in [5.41, 5.74) is 2.39. The molecule has 1 atom stereocenters. The molecule has 1 fully saturated rings. The van der Waals surface area contributed by atoms with E-state index in [1.807, 2.05) is 28.9 Å². The zero-order chi connectivity index (χ0) is 24.6. The highest BCUT2D eigenvalue weighted by molar-refractivity contribution is 5.49. The molecule has 9 nitrogen and oxygen atoms in total. The molecule has 0 bridgehead atoms. The molecule has 0 radical (unpaired) electrons. The van der Waals surface area contributed by atoms with Crippen LogP contribution in [0.1, 0.15) is 37.2 Å². The number of ether oxygens (including phenoxy) is 3. The maximum Gasteiger partial charge on any atom is 0.168 e. The number of methoxy groups -OCH3 is 3. The fourth-order valence-electron chi connectivity index (χ4n) is 4.71. The molecular formula is C26H36N6O3. The molecule has 35 heavy (non-hydrogen) atoms. The first-order chi connectivity index (χ1) is 17.2. The lowest BCUT2D eigenvalue weighted by atomic mass is 10.1. The van der Waals surface area contributed by atoms with E-state index in [2.05, 4.69) is 50.4 Å². The summed E-state index contributed by atoms with van der Waals surface area (Å²) in [5.74, 6) is 3.30. The Morgan fingerprint density at radius 2 is 1.63 bits per heavy atom. The predicted molar refractivity (Wildman–Crippen MR) is 135 cm³/mol. The highest BCUT2D eigenvalue weighted by Gasteiger charge is 2.28. The summed E-state index contributed by atoms with van der Waals surface area (Å²) < 4.78 is 18.1. The molecule has 0 amide bonds. The summed E-state index contributed by atoms with van der Waals surface area (Å²) in [7, 11) is 5.00. The number of rotatable bonds is 11. The molecule has 3 aromatic rings.